The monoisotopic (exact) mass is 582 g/mol. The topological polar surface area (TPSA) is 36.3 Å². The summed E-state index contributed by atoms with van der Waals surface area (Å²) >= 11 is 7.08. The van der Waals surface area contributed by atoms with Crippen LogP contribution in [0, 0.1) is 0 Å². The van der Waals surface area contributed by atoms with Gasteiger partial charge in [0.2, 0.25) is 5.88 Å². The molecule has 0 radical (unpaired) electrons. The molecule has 0 spiro atoms. The predicted molar refractivity (Wildman–Crippen MR) is 129 cm³/mol. The van der Waals surface area contributed by atoms with Crippen LogP contribution in [0.25, 0.3) is 22.0 Å². The SMILES string of the molecule is CCOc1cc(-c2cccc(C(F)(F)F)c2)nn1CCOc1ccc2cc(Br)ccc2c1Br. The maximum absolute atomic E-state index is 13.1. The van der Waals surface area contributed by atoms with E-state index >= 15 is 0 Å². The summed E-state index contributed by atoms with van der Waals surface area (Å²) in [5, 5.41) is 6.56. The van der Waals surface area contributed by atoms with E-state index in [0.29, 0.717) is 42.6 Å². The van der Waals surface area contributed by atoms with Crippen LogP contribution in [0.2, 0.25) is 0 Å². The molecule has 0 saturated carbocycles. The Morgan fingerprint density at radius 2 is 1.79 bits per heavy atom. The predicted octanol–water partition coefficient (Wildman–Crippen LogP) is 7.72. The Morgan fingerprint density at radius 3 is 2.55 bits per heavy atom. The number of alkyl halides is 3. The first kappa shape index (κ1) is 23.6. The molecule has 0 aliphatic heterocycles. The molecule has 4 nitrogen and oxygen atoms in total. The first-order chi connectivity index (χ1) is 15.8. The van der Waals surface area contributed by atoms with Crippen molar-refractivity contribution in [3.8, 4) is 22.9 Å². The van der Waals surface area contributed by atoms with Crippen LogP contribution in [0.3, 0.4) is 0 Å². The molecule has 0 aliphatic carbocycles. The Balaban J connectivity index is 1.53. The van der Waals surface area contributed by atoms with Gasteiger partial charge in [-0.3, -0.25) is 0 Å². The third kappa shape index (κ3) is 5.35. The molecule has 0 unspecified atom stereocenters. The molecule has 0 fully saturated rings. The van der Waals surface area contributed by atoms with Gasteiger partial charge in [0, 0.05) is 16.1 Å². The van der Waals surface area contributed by atoms with Gasteiger partial charge >= 0.3 is 6.18 Å². The van der Waals surface area contributed by atoms with Gasteiger partial charge in [0.05, 0.1) is 28.9 Å². The van der Waals surface area contributed by atoms with Gasteiger partial charge in [0.15, 0.2) is 0 Å². The fourth-order valence-corrected chi connectivity index (χ4v) is 4.40. The Labute approximate surface area is 205 Å². The minimum absolute atomic E-state index is 0.296. The number of halogens is 5. The lowest BCUT2D eigenvalue weighted by Crippen LogP contribution is -2.12. The van der Waals surface area contributed by atoms with E-state index in [4.69, 9.17) is 9.47 Å². The summed E-state index contributed by atoms with van der Waals surface area (Å²) in [6.07, 6.45) is -4.42. The molecule has 0 saturated heterocycles. The number of benzene rings is 3. The lowest BCUT2D eigenvalue weighted by Gasteiger charge is -2.12. The van der Waals surface area contributed by atoms with E-state index in [1.807, 2.05) is 37.3 Å². The summed E-state index contributed by atoms with van der Waals surface area (Å²) in [6, 6.07) is 16.6. The van der Waals surface area contributed by atoms with E-state index in [2.05, 4.69) is 37.0 Å². The zero-order valence-corrected chi connectivity index (χ0v) is 20.7. The van der Waals surface area contributed by atoms with E-state index in [-0.39, 0.29) is 0 Å². The van der Waals surface area contributed by atoms with Crippen LogP contribution >= 0.6 is 31.9 Å². The molecule has 172 valence electrons. The van der Waals surface area contributed by atoms with E-state index in [0.717, 1.165) is 31.9 Å². The number of rotatable bonds is 7. The summed E-state index contributed by atoms with van der Waals surface area (Å²) in [6.45, 7) is 2.90. The molecule has 0 N–H and O–H groups in total. The highest BCUT2D eigenvalue weighted by Crippen LogP contribution is 2.35. The first-order valence-corrected chi connectivity index (χ1v) is 11.7. The fourth-order valence-electron chi connectivity index (χ4n) is 3.42. The second-order valence-corrected chi connectivity index (χ2v) is 8.90. The van der Waals surface area contributed by atoms with Gasteiger partial charge in [0.25, 0.3) is 0 Å². The fraction of sp³-hybridized carbons (Fsp3) is 0.208. The lowest BCUT2D eigenvalue weighted by atomic mass is 10.1. The number of nitrogens with zero attached hydrogens (tertiary/aromatic N) is 2. The van der Waals surface area contributed by atoms with Gasteiger partial charge in [-0.1, -0.05) is 40.2 Å². The second kappa shape index (κ2) is 9.77. The minimum Gasteiger partial charge on any atom is -0.490 e. The zero-order valence-electron chi connectivity index (χ0n) is 17.5. The van der Waals surface area contributed by atoms with Crippen molar-refractivity contribution in [2.45, 2.75) is 19.6 Å². The Bertz CT molecular complexity index is 1290. The van der Waals surface area contributed by atoms with Gasteiger partial charge in [0.1, 0.15) is 12.4 Å². The van der Waals surface area contributed by atoms with Crippen LogP contribution in [-0.4, -0.2) is 23.0 Å². The summed E-state index contributed by atoms with van der Waals surface area (Å²) in [4.78, 5) is 0. The molecule has 0 aliphatic rings. The lowest BCUT2D eigenvalue weighted by molar-refractivity contribution is -0.137. The summed E-state index contributed by atoms with van der Waals surface area (Å²) in [5.41, 5.74) is 0.0555. The van der Waals surface area contributed by atoms with Crippen LogP contribution in [0.4, 0.5) is 13.2 Å². The quantitative estimate of drug-likeness (QED) is 0.223. The Kier molecular flexibility index (Phi) is 6.99. The maximum Gasteiger partial charge on any atom is 0.416 e. The maximum atomic E-state index is 13.1. The molecule has 4 aromatic rings. The number of ether oxygens (including phenoxy) is 2. The highest BCUT2D eigenvalue weighted by atomic mass is 79.9. The average molecular weight is 584 g/mol. The zero-order chi connectivity index (χ0) is 23.6. The molecule has 0 bridgehead atoms. The summed E-state index contributed by atoms with van der Waals surface area (Å²) in [7, 11) is 0. The molecule has 1 heterocycles. The third-order valence-electron chi connectivity index (χ3n) is 4.96. The van der Waals surface area contributed by atoms with E-state index in [1.165, 1.54) is 6.07 Å². The van der Waals surface area contributed by atoms with Crippen LogP contribution in [-0.2, 0) is 12.7 Å². The Morgan fingerprint density at radius 1 is 0.970 bits per heavy atom. The molecule has 4 rings (SSSR count). The highest BCUT2D eigenvalue weighted by molar-refractivity contribution is 9.11. The molecular formula is C24H19Br2F3N2O2. The van der Waals surface area contributed by atoms with Crippen molar-refractivity contribution in [2.24, 2.45) is 0 Å². The van der Waals surface area contributed by atoms with Crippen molar-refractivity contribution >= 4 is 42.6 Å². The minimum atomic E-state index is -4.42. The molecule has 3 aromatic carbocycles. The standard InChI is InChI=1S/C24H19Br2F3N2O2/c1-2-32-22-14-20(16-4-3-5-17(12-16)24(27,28)29)30-31(22)10-11-33-21-9-6-15-13-18(25)7-8-19(15)23(21)26/h3-9,12-14H,2,10-11H2,1H3. The van der Waals surface area contributed by atoms with Crippen LogP contribution in [0.5, 0.6) is 11.6 Å². The van der Waals surface area contributed by atoms with Gasteiger partial charge in [-0.2, -0.15) is 18.3 Å². The second-order valence-electron chi connectivity index (χ2n) is 7.19. The number of hydrogen-bond acceptors (Lipinski definition) is 3. The van der Waals surface area contributed by atoms with Crippen molar-refractivity contribution in [1.29, 1.82) is 0 Å². The molecule has 1 aromatic heterocycles. The molecule has 0 amide bonds. The van der Waals surface area contributed by atoms with Crippen molar-refractivity contribution in [3.63, 3.8) is 0 Å². The molecular weight excluding hydrogens is 565 g/mol. The first-order valence-electron chi connectivity index (χ1n) is 10.1. The number of hydrogen-bond donors (Lipinski definition) is 0. The van der Waals surface area contributed by atoms with Gasteiger partial charge < -0.3 is 9.47 Å². The largest absolute Gasteiger partial charge is 0.490 e. The van der Waals surface area contributed by atoms with E-state index in [9.17, 15) is 13.2 Å². The molecule has 33 heavy (non-hydrogen) atoms. The van der Waals surface area contributed by atoms with Crippen LogP contribution < -0.4 is 9.47 Å². The third-order valence-corrected chi connectivity index (χ3v) is 6.27. The molecule has 0 atom stereocenters. The van der Waals surface area contributed by atoms with Crippen molar-refractivity contribution in [3.05, 3.63) is 75.2 Å². The van der Waals surface area contributed by atoms with Gasteiger partial charge in [-0.25, -0.2) is 4.68 Å². The molecule has 9 heteroatoms. The average Bonchev–Trinajstić information content (AvgIpc) is 3.18. The van der Waals surface area contributed by atoms with E-state index in [1.54, 1.807) is 16.8 Å². The van der Waals surface area contributed by atoms with Crippen molar-refractivity contribution in [1.82, 2.24) is 9.78 Å². The smallest absolute Gasteiger partial charge is 0.416 e. The summed E-state index contributed by atoms with van der Waals surface area (Å²) < 4.78 is 54.3. The highest BCUT2D eigenvalue weighted by Gasteiger charge is 2.30. The van der Waals surface area contributed by atoms with Crippen molar-refractivity contribution < 1.29 is 22.6 Å². The number of aromatic nitrogens is 2. The van der Waals surface area contributed by atoms with Crippen LogP contribution in [0.15, 0.2) is 69.6 Å². The van der Waals surface area contributed by atoms with Crippen molar-refractivity contribution in [2.75, 3.05) is 13.2 Å². The number of fused-ring (bicyclic) bond motifs is 1. The Hall–Kier alpha value is -2.52. The summed E-state index contributed by atoms with van der Waals surface area (Å²) in [5.74, 6) is 1.16. The van der Waals surface area contributed by atoms with E-state index < -0.39 is 11.7 Å². The van der Waals surface area contributed by atoms with Gasteiger partial charge in [-0.05, 0) is 64.0 Å². The van der Waals surface area contributed by atoms with Gasteiger partial charge in [-0.15, -0.1) is 0 Å². The normalized spacial score (nSPS) is 11.7. The van der Waals surface area contributed by atoms with Crippen LogP contribution in [0.1, 0.15) is 12.5 Å².